The van der Waals surface area contributed by atoms with Gasteiger partial charge in [-0.05, 0) is 36.6 Å². The predicted molar refractivity (Wildman–Crippen MR) is 82.2 cm³/mol. The summed E-state index contributed by atoms with van der Waals surface area (Å²) < 4.78 is 25.6. The first-order valence-electron chi connectivity index (χ1n) is 6.52. The second-order valence-corrected chi connectivity index (χ2v) is 6.90. The van der Waals surface area contributed by atoms with Crippen molar-refractivity contribution < 1.29 is 13.5 Å². The number of aromatic hydroxyl groups is 1. The Labute approximate surface area is 123 Å². The van der Waals surface area contributed by atoms with Crippen LogP contribution in [0, 0.1) is 6.92 Å². The van der Waals surface area contributed by atoms with Gasteiger partial charge in [0.15, 0.2) is 0 Å². The van der Waals surface area contributed by atoms with E-state index in [-0.39, 0.29) is 15.5 Å². The number of phenolic OH excluding ortho intramolecular Hbond substituents is 1. The molecule has 3 aromatic rings. The molecule has 0 saturated carbocycles. The molecule has 1 N–H and O–H groups in total. The van der Waals surface area contributed by atoms with Gasteiger partial charge in [0, 0.05) is 5.39 Å². The van der Waals surface area contributed by atoms with E-state index in [1.807, 2.05) is 13.0 Å². The van der Waals surface area contributed by atoms with Gasteiger partial charge < -0.3 is 5.11 Å². The van der Waals surface area contributed by atoms with Crippen molar-refractivity contribution in [3.8, 4) is 5.75 Å². The van der Waals surface area contributed by atoms with Gasteiger partial charge in [-0.1, -0.05) is 42.0 Å². The first-order chi connectivity index (χ1) is 9.98. The first kappa shape index (κ1) is 13.6. The van der Waals surface area contributed by atoms with Crippen LogP contribution in [0.2, 0.25) is 0 Å². The summed E-state index contributed by atoms with van der Waals surface area (Å²) in [5.74, 6) is -0.0561. The van der Waals surface area contributed by atoms with Crippen molar-refractivity contribution in [2.24, 2.45) is 0 Å². The van der Waals surface area contributed by atoms with E-state index in [4.69, 9.17) is 0 Å². The second-order valence-electron chi connectivity index (χ2n) is 4.98. The maximum Gasteiger partial charge on any atom is 0.207 e. The van der Waals surface area contributed by atoms with Gasteiger partial charge >= 0.3 is 0 Å². The molecule has 0 amide bonds. The van der Waals surface area contributed by atoms with E-state index in [1.54, 1.807) is 48.5 Å². The lowest BCUT2D eigenvalue weighted by Crippen LogP contribution is -2.02. The molecule has 0 aliphatic carbocycles. The maximum atomic E-state index is 12.8. The number of phenols is 1. The summed E-state index contributed by atoms with van der Waals surface area (Å²) in [6.45, 7) is 1.90. The number of benzene rings is 3. The molecule has 0 fully saturated rings. The molecule has 106 valence electrons. The van der Waals surface area contributed by atoms with E-state index in [0.717, 1.165) is 5.56 Å². The average molecular weight is 298 g/mol. The first-order valence-corrected chi connectivity index (χ1v) is 8.00. The van der Waals surface area contributed by atoms with E-state index in [0.29, 0.717) is 10.8 Å². The summed E-state index contributed by atoms with van der Waals surface area (Å²) in [4.78, 5) is 0.353. The zero-order chi connectivity index (χ0) is 15.0. The van der Waals surface area contributed by atoms with Crippen LogP contribution in [0.4, 0.5) is 0 Å². The van der Waals surface area contributed by atoms with Gasteiger partial charge in [0.1, 0.15) is 5.75 Å². The summed E-state index contributed by atoms with van der Waals surface area (Å²) in [7, 11) is -3.66. The van der Waals surface area contributed by atoms with Crippen LogP contribution in [0.15, 0.2) is 70.5 Å². The second kappa shape index (κ2) is 4.90. The Morgan fingerprint density at radius 1 is 0.905 bits per heavy atom. The standard InChI is InChI=1S/C17H14O3S/c1-12-6-8-15(9-7-12)21(19,20)17-11-14(18)10-13-4-2-3-5-16(13)17/h2-11,18H,1H3. The SMILES string of the molecule is Cc1ccc(S(=O)(=O)c2cc(O)cc3ccccc23)cc1. The van der Waals surface area contributed by atoms with E-state index >= 15 is 0 Å². The highest BCUT2D eigenvalue weighted by molar-refractivity contribution is 7.91. The van der Waals surface area contributed by atoms with Crippen molar-refractivity contribution in [1.29, 1.82) is 0 Å². The summed E-state index contributed by atoms with van der Waals surface area (Å²) in [5.41, 5.74) is 0.995. The Bertz CT molecular complexity index is 910. The molecule has 0 saturated heterocycles. The molecule has 3 aromatic carbocycles. The minimum absolute atomic E-state index is 0.0561. The summed E-state index contributed by atoms with van der Waals surface area (Å²) in [5, 5.41) is 11.1. The summed E-state index contributed by atoms with van der Waals surface area (Å²) in [6, 6.07) is 16.7. The van der Waals surface area contributed by atoms with Crippen molar-refractivity contribution in [2.45, 2.75) is 16.7 Å². The maximum absolute atomic E-state index is 12.8. The number of aryl methyl sites for hydroxylation is 1. The van der Waals surface area contributed by atoms with Gasteiger partial charge in [0.2, 0.25) is 9.84 Å². The lowest BCUT2D eigenvalue weighted by atomic mass is 10.1. The van der Waals surface area contributed by atoms with E-state index in [2.05, 4.69) is 0 Å². The molecular weight excluding hydrogens is 284 g/mol. The predicted octanol–water partition coefficient (Wildman–Crippen LogP) is 3.69. The number of fused-ring (bicyclic) bond motifs is 1. The molecular formula is C17H14O3S. The third kappa shape index (κ3) is 2.38. The molecule has 4 heteroatoms. The fourth-order valence-corrected chi connectivity index (χ4v) is 3.83. The molecule has 0 aliphatic heterocycles. The average Bonchev–Trinajstić information content (AvgIpc) is 2.46. The molecule has 0 aliphatic rings. The Morgan fingerprint density at radius 2 is 1.57 bits per heavy atom. The molecule has 0 aromatic heterocycles. The highest BCUT2D eigenvalue weighted by atomic mass is 32.2. The van der Waals surface area contributed by atoms with Crippen LogP contribution in [-0.4, -0.2) is 13.5 Å². The molecule has 0 radical (unpaired) electrons. The molecule has 0 bridgehead atoms. The Balaban J connectivity index is 2.31. The Morgan fingerprint density at radius 3 is 2.29 bits per heavy atom. The van der Waals surface area contributed by atoms with Crippen molar-refractivity contribution in [1.82, 2.24) is 0 Å². The van der Waals surface area contributed by atoms with Crippen molar-refractivity contribution in [2.75, 3.05) is 0 Å². The third-order valence-corrected chi connectivity index (χ3v) is 5.24. The van der Waals surface area contributed by atoms with Crippen LogP contribution in [0.5, 0.6) is 5.75 Å². The van der Waals surface area contributed by atoms with Gasteiger partial charge in [-0.3, -0.25) is 0 Å². The van der Waals surface area contributed by atoms with E-state index in [9.17, 15) is 13.5 Å². The number of hydrogen-bond acceptors (Lipinski definition) is 3. The van der Waals surface area contributed by atoms with Crippen LogP contribution in [0.25, 0.3) is 10.8 Å². The number of rotatable bonds is 2. The number of sulfone groups is 1. The van der Waals surface area contributed by atoms with Gasteiger partial charge in [-0.25, -0.2) is 8.42 Å². The fourth-order valence-electron chi connectivity index (χ4n) is 2.33. The van der Waals surface area contributed by atoms with Gasteiger partial charge in [-0.15, -0.1) is 0 Å². The van der Waals surface area contributed by atoms with E-state index in [1.165, 1.54) is 6.07 Å². The molecule has 21 heavy (non-hydrogen) atoms. The van der Waals surface area contributed by atoms with Crippen LogP contribution >= 0.6 is 0 Å². The molecule has 3 nitrogen and oxygen atoms in total. The highest BCUT2D eigenvalue weighted by Gasteiger charge is 2.21. The van der Waals surface area contributed by atoms with Gasteiger partial charge in [-0.2, -0.15) is 0 Å². The van der Waals surface area contributed by atoms with Crippen molar-refractivity contribution in [3.63, 3.8) is 0 Å². The van der Waals surface area contributed by atoms with Gasteiger partial charge in [0.05, 0.1) is 9.79 Å². The zero-order valence-electron chi connectivity index (χ0n) is 11.4. The third-order valence-electron chi connectivity index (χ3n) is 3.43. The summed E-state index contributed by atoms with van der Waals surface area (Å²) in [6.07, 6.45) is 0. The lowest BCUT2D eigenvalue weighted by Gasteiger charge is -2.09. The van der Waals surface area contributed by atoms with Crippen LogP contribution in [0.1, 0.15) is 5.56 Å². The molecule has 3 rings (SSSR count). The quantitative estimate of drug-likeness (QED) is 0.785. The monoisotopic (exact) mass is 298 g/mol. The smallest absolute Gasteiger partial charge is 0.207 e. The van der Waals surface area contributed by atoms with Gasteiger partial charge in [0.25, 0.3) is 0 Å². The number of hydrogen-bond donors (Lipinski definition) is 1. The van der Waals surface area contributed by atoms with Crippen LogP contribution < -0.4 is 0 Å². The fraction of sp³-hybridized carbons (Fsp3) is 0.0588. The normalized spacial score (nSPS) is 11.7. The Kier molecular flexibility index (Phi) is 3.18. The minimum atomic E-state index is -3.66. The Hall–Kier alpha value is -2.33. The highest BCUT2D eigenvalue weighted by Crippen LogP contribution is 2.31. The minimum Gasteiger partial charge on any atom is -0.508 e. The lowest BCUT2D eigenvalue weighted by molar-refractivity contribution is 0.474. The zero-order valence-corrected chi connectivity index (χ0v) is 12.3. The van der Waals surface area contributed by atoms with Crippen molar-refractivity contribution in [3.05, 3.63) is 66.2 Å². The summed E-state index contributed by atoms with van der Waals surface area (Å²) >= 11 is 0. The topological polar surface area (TPSA) is 54.4 Å². The van der Waals surface area contributed by atoms with Crippen LogP contribution in [0.3, 0.4) is 0 Å². The molecule has 0 spiro atoms. The molecule has 0 unspecified atom stereocenters. The molecule has 0 heterocycles. The van der Waals surface area contributed by atoms with E-state index < -0.39 is 9.84 Å². The van der Waals surface area contributed by atoms with Crippen molar-refractivity contribution >= 4 is 20.6 Å². The largest absolute Gasteiger partial charge is 0.508 e. The van der Waals surface area contributed by atoms with Crippen LogP contribution in [-0.2, 0) is 9.84 Å². The molecule has 0 atom stereocenters.